The van der Waals surface area contributed by atoms with Crippen molar-refractivity contribution < 1.29 is 27.9 Å². The van der Waals surface area contributed by atoms with E-state index in [1.807, 2.05) is 24.3 Å². The smallest absolute Gasteiger partial charge is 0.475 e. The van der Waals surface area contributed by atoms with Crippen LogP contribution in [0.4, 0.5) is 18.9 Å². The summed E-state index contributed by atoms with van der Waals surface area (Å²) >= 11 is 0. The summed E-state index contributed by atoms with van der Waals surface area (Å²) in [6.45, 7) is 2.24. The van der Waals surface area contributed by atoms with Crippen LogP contribution in [0.3, 0.4) is 0 Å². The second-order valence-corrected chi connectivity index (χ2v) is 6.14. The molecule has 1 aromatic carbocycles. The van der Waals surface area contributed by atoms with Gasteiger partial charge >= 0.3 is 12.1 Å². The second kappa shape index (κ2) is 10.5. The summed E-state index contributed by atoms with van der Waals surface area (Å²) in [6, 6.07) is 7.43. The van der Waals surface area contributed by atoms with Crippen molar-refractivity contribution in [3.8, 4) is 0 Å². The standard InChI is InChI=1S/C17H19N5O.C2HF3O2/c18-9-12-1-3-15(4-2-12)22-17(23)14-10-20-16(21-11-14)13-5-7-19-8-6-13;3-2(4,5)1(6)7/h1-5,10-11,19H,6-9,18H2,(H,22,23);(H,6,7). The van der Waals surface area contributed by atoms with Gasteiger partial charge in [0.05, 0.1) is 5.56 Å². The molecule has 1 aliphatic rings. The summed E-state index contributed by atoms with van der Waals surface area (Å²) in [5.74, 6) is -2.29. The van der Waals surface area contributed by atoms with Crippen LogP contribution in [-0.4, -0.2) is 46.2 Å². The van der Waals surface area contributed by atoms with E-state index in [-0.39, 0.29) is 5.91 Å². The molecule has 0 fully saturated rings. The first-order chi connectivity index (χ1) is 14.2. The van der Waals surface area contributed by atoms with Gasteiger partial charge in [0.15, 0.2) is 5.82 Å². The van der Waals surface area contributed by atoms with Crippen molar-refractivity contribution in [2.75, 3.05) is 18.4 Å². The van der Waals surface area contributed by atoms with Crippen LogP contribution in [-0.2, 0) is 11.3 Å². The Morgan fingerprint density at radius 2 is 1.77 bits per heavy atom. The summed E-state index contributed by atoms with van der Waals surface area (Å²) in [6.07, 6.45) is 1.03. The highest BCUT2D eigenvalue weighted by atomic mass is 19.4. The summed E-state index contributed by atoms with van der Waals surface area (Å²) in [4.78, 5) is 29.7. The lowest BCUT2D eigenvalue weighted by Crippen LogP contribution is -2.21. The number of carboxylic acid groups (broad SMARTS) is 1. The molecule has 11 heteroatoms. The number of halogens is 3. The van der Waals surface area contributed by atoms with E-state index in [0.29, 0.717) is 17.9 Å². The van der Waals surface area contributed by atoms with Crippen molar-refractivity contribution in [3.05, 3.63) is 59.7 Å². The molecule has 2 heterocycles. The van der Waals surface area contributed by atoms with Crippen molar-refractivity contribution in [2.45, 2.75) is 19.1 Å². The molecule has 30 heavy (non-hydrogen) atoms. The SMILES string of the molecule is NCc1ccc(NC(=O)c2cnc(C3=CCNCC3)nc2)cc1.O=C(O)C(F)(F)F. The van der Waals surface area contributed by atoms with Crippen LogP contribution in [0.1, 0.15) is 28.2 Å². The number of anilines is 1. The molecule has 8 nitrogen and oxygen atoms in total. The van der Waals surface area contributed by atoms with E-state index in [2.05, 4.69) is 26.7 Å². The average molecular weight is 423 g/mol. The molecular weight excluding hydrogens is 403 g/mol. The number of hydrogen-bond acceptors (Lipinski definition) is 6. The number of carbonyl (C=O) groups excluding carboxylic acids is 1. The molecule has 0 saturated carbocycles. The molecule has 5 N–H and O–H groups in total. The van der Waals surface area contributed by atoms with Crippen LogP contribution in [0.5, 0.6) is 0 Å². The first kappa shape index (κ1) is 23.0. The fraction of sp³-hybridized carbons (Fsp3) is 0.263. The first-order valence-electron chi connectivity index (χ1n) is 8.83. The van der Waals surface area contributed by atoms with Crippen molar-refractivity contribution >= 4 is 23.1 Å². The molecule has 2 aromatic rings. The number of nitrogens with two attached hydrogens (primary N) is 1. The van der Waals surface area contributed by atoms with Gasteiger partial charge in [0.2, 0.25) is 0 Å². The predicted molar refractivity (Wildman–Crippen MR) is 103 cm³/mol. The van der Waals surface area contributed by atoms with Gasteiger partial charge in [-0.1, -0.05) is 18.2 Å². The molecule has 1 amide bonds. The van der Waals surface area contributed by atoms with Gasteiger partial charge < -0.3 is 21.5 Å². The molecule has 0 saturated heterocycles. The Balaban J connectivity index is 0.000000396. The largest absolute Gasteiger partial charge is 0.490 e. The van der Waals surface area contributed by atoms with Crippen molar-refractivity contribution in [2.24, 2.45) is 5.73 Å². The fourth-order valence-electron chi connectivity index (χ4n) is 2.36. The predicted octanol–water partition coefficient (Wildman–Crippen LogP) is 2.20. The zero-order chi connectivity index (χ0) is 22.1. The summed E-state index contributed by atoms with van der Waals surface area (Å²) in [7, 11) is 0. The molecule has 0 unspecified atom stereocenters. The van der Waals surface area contributed by atoms with Gasteiger partial charge in [0, 0.05) is 31.2 Å². The molecule has 0 radical (unpaired) electrons. The lowest BCUT2D eigenvalue weighted by molar-refractivity contribution is -0.192. The van der Waals surface area contributed by atoms with Crippen molar-refractivity contribution in [1.29, 1.82) is 0 Å². The number of nitrogens with one attached hydrogen (secondary N) is 2. The zero-order valence-corrected chi connectivity index (χ0v) is 15.7. The van der Waals surface area contributed by atoms with E-state index in [1.54, 1.807) is 12.4 Å². The number of carboxylic acids is 1. The van der Waals surface area contributed by atoms with Crippen LogP contribution in [0.15, 0.2) is 42.7 Å². The second-order valence-electron chi connectivity index (χ2n) is 6.14. The van der Waals surface area contributed by atoms with E-state index >= 15 is 0 Å². The lowest BCUT2D eigenvalue weighted by atomic mass is 10.1. The Morgan fingerprint density at radius 1 is 1.17 bits per heavy atom. The molecule has 1 aliphatic heterocycles. The van der Waals surface area contributed by atoms with Crippen molar-refractivity contribution in [3.63, 3.8) is 0 Å². The van der Waals surface area contributed by atoms with Crippen LogP contribution < -0.4 is 16.4 Å². The van der Waals surface area contributed by atoms with Gasteiger partial charge in [-0.3, -0.25) is 4.79 Å². The molecule has 3 rings (SSSR count). The maximum atomic E-state index is 12.2. The normalized spacial score (nSPS) is 13.5. The van der Waals surface area contributed by atoms with Gasteiger partial charge in [-0.2, -0.15) is 13.2 Å². The number of benzene rings is 1. The molecule has 0 atom stereocenters. The monoisotopic (exact) mass is 423 g/mol. The lowest BCUT2D eigenvalue weighted by Gasteiger charge is -2.12. The third-order valence-electron chi connectivity index (χ3n) is 3.96. The van der Waals surface area contributed by atoms with E-state index in [4.69, 9.17) is 15.6 Å². The fourth-order valence-corrected chi connectivity index (χ4v) is 2.36. The Labute approximate surface area is 170 Å². The summed E-state index contributed by atoms with van der Waals surface area (Å²) in [5, 5.41) is 13.2. The summed E-state index contributed by atoms with van der Waals surface area (Å²) in [5.41, 5.74) is 8.85. The highest BCUT2D eigenvalue weighted by Gasteiger charge is 2.38. The number of rotatable bonds is 4. The number of aliphatic carboxylic acids is 1. The Morgan fingerprint density at radius 3 is 2.23 bits per heavy atom. The van der Waals surface area contributed by atoms with E-state index in [1.165, 1.54) is 0 Å². The quantitative estimate of drug-likeness (QED) is 0.593. The Hall–Kier alpha value is -3.31. The van der Waals surface area contributed by atoms with Gasteiger partial charge in [0.25, 0.3) is 5.91 Å². The zero-order valence-electron chi connectivity index (χ0n) is 15.7. The maximum absolute atomic E-state index is 12.2. The van der Waals surface area contributed by atoms with Gasteiger partial charge in [-0.05, 0) is 36.2 Å². The number of amides is 1. The van der Waals surface area contributed by atoms with Gasteiger partial charge in [0.1, 0.15) is 0 Å². The Bertz CT molecular complexity index is 897. The number of alkyl halides is 3. The molecule has 0 bridgehead atoms. The number of nitrogens with zero attached hydrogens (tertiary/aromatic N) is 2. The van der Waals surface area contributed by atoms with Gasteiger partial charge in [-0.15, -0.1) is 0 Å². The van der Waals surface area contributed by atoms with E-state index in [0.717, 1.165) is 36.3 Å². The van der Waals surface area contributed by atoms with Crippen LogP contribution in [0, 0.1) is 0 Å². The molecule has 0 spiro atoms. The van der Waals surface area contributed by atoms with Gasteiger partial charge in [-0.25, -0.2) is 14.8 Å². The van der Waals surface area contributed by atoms with E-state index in [9.17, 15) is 18.0 Å². The third kappa shape index (κ3) is 6.94. The minimum Gasteiger partial charge on any atom is -0.475 e. The molecule has 1 aromatic heterocycles. The van der Waals surface area contributed by atoms with Crippen LogP contribution in [0.2, 0.25) is 0 Å². The maximum Gasteiger partial charge on any atom is 0.490 e. The number of hydrogen-bond donors (Lipinski definition) is 4. The molecular formula is C19H20F3N5O3. The number of aromatic nitrogens is 2. The topological polar surface area (TPSA) is 130 Å². The third-order valence-corrected chi connectivity index (χ3v) is 3.96. The van der Waals surface area contributed by atoms with E-state index < -0.39 is 12.1 Å². The first-order valence-corrected chi connectivity index (χ1v) is 8.83. The minimum absolute atomic E-state index is 0.226. The minimum atomic E-state index is -5.08. The Kier molecular flexibility index (Phi) is 8.01. The average Bonchev–Trinajstić information content (AvgIpc) is 2.75. The molecule has 0 aliphatic carbocycles. The summed E-state index contributed by atoms with van der Waals surface area (Å²) < 4.78 is 31.7. The van der Waals surface area contributed by atoms with Crippen LogP contribution >= 0.6 is 0 Å². The molecule has 160 valence electrons. The van der Waals surface area contributed by atoms with Crippen molar-refractivity contribution in [1.82, 2.24) is 15.3 Å². The highest BCUT2D eigenvalue weighted by Crippen LogP contribution is 2.16. The highest BCUT2D eigenvalue weighted by molar-refractivity contribution is 6.03. The number of carbonyl (C=O) groups is 2. The van der Waals surface area contributed by atoms with Crippen LogP contribution in [0.25, 0.3) is 5.57 Å².